The Hall–Kier alpha value is -1.75. The highest BCUT2D eigenvalue weighted by Gasteiger charge is 2.31. The molecule has 25 heavy (non-hydrogen) atoms. The molecule has 0 aliphatic carbocycles. The van der Waals surface area contributed by atoms with Gasteiger partial charge >= 0.3 is 0 Å². The maximum absolute atomic E-state index is 12.5. The van der Waals surface area contributed by atoms with Gasteiger partial charge in [-0.3, -0.25) is 14.9 Å². The third kappa shape index (κ3) is 4.66. The second kappa shape index (κ2) is 8.56. The summed E-state index contributed by atoms with van der Waals surface area (Å²) in [6, 6.07) is 4.69. The van der Waals surface area contributed by atoms with Crippen molar-refractivity contribution in [1.82, 2.24) is 9.21 Å². The van der Waals surface area contributed by atoms with Crippen LogP contribution in [0.25, 0.3) is 0 Å². The normalized spacial score (nSPS) is 17.4. The number of nitrogens with two attached hydrogens (primary N) is 1. The molecular weight excluding hydrogens is 372 g/mol. The summed E-state index contributed by atoms with van der Waals surface area (Å²) in [7, 11) is -2.72. The molecule has 1 unspecified atom stereocenters. The van der Waals surface area contributed by atoms with E-state index in [2.05, 4.69) is 0 Å². The van der Waals surface area contributed by atoms with Crippen LogP contribution >= 0.6 is 12.4 Å². The van der Waals surface area contributed by atoms with Crippen molar-refractivity contribution in [2.45, 2.75) is 23.8 Å². The van der Waals surface area contributed by atoms with Crippen molar-refractivity contribution in [2.24, 2.45) is 5.73 Å². The van der Waals surface area contributed by atoms with Crippen molar-refractivity contribution in [3.63, 3.8) is 0 Å². The van der Waals surface area contributed by atoms with Crippen LogP contribution in [0.3, 0.4) is 0 Å². The number of carbonyl (C=O) groups is 1. The van der Waals surface area contributed by atoms with Gasteiger partial charge in [-0.15, -0.1) is 12.4 Å². The minimum absolute atomic E-state index is 0. The summed E-state index contributed by atoms with van der Waals surface area (Å²) >= 11 is 0. The third-order valence-electron chi connectivity index (χ3n) is 4.06. The smallest absolute Gasteiger partial charge is 0.270 e. The number of benzene rings is 1. The van der Waals surface area contributed by atoms with Crippen molar-refractivity contribution in [3.8, 4) is 0 Å². The molecule has 2 N–H and O–H groups in total. The Morgan fingerprint density at radius 3 is 2.76 bits per heavy atom. The summed E-state index contributed by atoms with van der Waals surface area (Å²) in [5, 5.41) is 10.8. The van der Waals surface area contributed by atoms with E-state index < -0.39 is 14.9 Å². The Balaban J connectivity index is 0.00000312. The Bertz CT molecular complexity index is 742. The minimum atomic E-state index is -3.99. The van der Waals surface area contributed by atoms with Gasteiger partial charge in [-0.2, -0.15) is 4.31 Å². The Kier molecular flexibility index (Phi) is 7.29. The van der Waals surface area contributed by atoms with Crippen molar-refractivity contribution in [3.05, 3.63) is 34.4 Å². The van der Waals surface area contributed by atoms with Crippen molar-refractivity contribution in [1.29, 1.82) is 0 Å². The zero-order valence-electron chi connectivity index (χ0n) is 13.7. The number of hydrogen-bond acceptors (Lipinski definition) is 6. The first kappa shape index (κ1) is 21.3. The first-order valence-electron chi connectivity index (χ1n) is 7.47. The molecule has 1 fully saturated rings. The fraction of sp³-hybridized carbons (Fsp3) is 0.500. The molecule has 1 aromatic carbocycles. The van der Waals surface area contributed by atoms with Crippen molar-refractivity contribution < 1.29 is 18.1 Å². The van der Waals surface area contributed by atoms with Gasteiger partial charge in [-0.1, -0.05) is 6.07 Å². The van der Waals surface area contributed by atoms with Gasteiger partial charge in [0, 0.05) is 38.3 Å². The Labute approximate surface area is 152 Å². The van der Waals surface area contributed by atoms with E-state index >= 15 is 0 Å². The largest absolute Gasteiger partial charge is 0.337 e. The molecule has 0 bridgehead atoms. The summed E-state index contributed by atoms with van der Waals surface area (Å²) in [4.78, 5) is 23.8. The Morgan fingerprint density at radius 1 is 1.48 bits per heavy atom. The number of likely N-dealkylation sites (tertiary alicyclic amines) is 1. The van der Waals surface area contributed by atoms with Crippen molar-refractivity contribution >= 4 is 34.0 Å². The quantitative estimate of drug-likeness (QED) is 0.557. The molecule has 11 heteroatoms. The van der Waals surface area contributed by atoms with Gasteiger partial charge in [0.05, 0.1) is 16.4 Å². The lowest BCUT2D eigenvalue weighted by Crippen LogP contribution is -2.45. The number of amides is 1. The van der Waals surface area contributed by atoms with Crippen LogP contribution in [0.4, 0.5) is 5.69 Å². The van der Waals surface area contributed by atoms with Crippen molar-refractivity contribution in [2.75, 3.05) is 26.7 Å². The van der Waals surface area contributed by atoms with E-state index in [9.17, 15) is 23.3 Å². The lowest BCUT2D eigenvalue weighted by molar-refractivity contribution is -0.385. The second-order valence-electron chi connectivity index (χ2n) is 5.63. The average molecular weight is 393 g/mol. The molecule has 0 radical (unpaired) electrons. The van der Waals surface area contributed by atoms with Gasteiger partial charge < -0.3 is 10.6 Å². The average Bonchev–Trinajstić information content (AvgIpc) is 3.03. The highest BCUT2D eigenvalue weighted by molar-refractivity contribution is 7.89. The van der Waals surface area contributed by atoms with Crippen LogP contribution in [-0.2, 0) is 14.8 Å². The van der Waals surface area contributed by atoms with Crippen LogP contribution in [0.15, 0.2) is 29.2 Å². The number of hydrogen-bond donors (Lipinski definition) is 1. The molecule has 1 aliphatic rings. The topological polar surface area (TPSA) is 127 Å². The van der Waals surface area contributed by atoms with Crippen LogP contribution in [0, 0.1) is 10.1 Å². The maximum atomic E-state index is 12.5. The number of nitrogens with zero attached hydrogens (tertiary/aromatic N) is 3. The van der Waals surface area contributed by atoms with Gasteiger partial charge in [0.25, 0.3) is 5.69 Å². The fourth-order valence-corrected chi connectivity index (χ4v) is 3.87. The number of rotatable bonds is 6. The highest BCUT2D eigenvalue weighted by Crippen LogP contribution is 2.21. The maximum Gasteiger partial charge on any atom is 0.270 e. The molecule has 1 aromatic rings. The van der Waals surface area contributed by atoms with Crippen LogP contribution in [0.1, 0.15) is 12.8 Å². The lowest BCUT2D eigenvalue weighted by atomic mass is 10.2. The summed E-state index contributed by atoms with van der Waals surface area (Å²) in [6.07, 6.45) is 1.65. The van der Waals surface area contributed by atoms with Gasteiger partial charge in [0.2, 0.25) is 15.9 Å². The standard InChI is InChI=1S/C14H20N4O5S.ClH/c1-16(10-14(19)17-7-3-5-12(17)9-15)24(22,23)13-6-2-4-11(8-13)18(20)21;/h2,4,6,8,12H,3,5,7,9-10,15H2,1H3;1H. The molecule has 1 heterocycles. The number of non-ortho nitro benzene ring substituents is 1. The minimum Gasteiger partial charge on any atom is -0.337 e. The molecule has 0 spiro atoms. The number of likely N-dealkylation sites (N-methyl/N-ethyl adjacent to an activating group) is 1. The number of sulfonamides is 1. The monoisotopic (exact) mass is 392 g/mol. The number of halogens is 1. The molecule has 2 rings (SSSR count). The summed E-state index contributed by atoms with van der Waals surface area (Å²) in [5.74, 6) is -0.320. The van der Waals surface area contributed by atoms with Gasteiger partial charge in [0.15, 0.2) is 0 Å². The van der Waals surface area contributed by atoms with Gasteiger partial charge in [-0.05, 0) is 18.9 Å². The van der Waals surface area contributed by atoms with Gasteiger partial charge in [-0.25, -0.2) is 8.42 Å². The molecule has 9 nitrogen and oxygen atoms in total. The number of nitro benzene ring substituents is 1. The second-order valence-corrected chi connectivity index (χ2v) is 7.68. The van der Waals surface area contributed by atoms with E-state index in [0.29, 0.717) is 13.1 Å². The van der Waals surface area contributed by atoms with E-state index in [0.717, 1.165) is 23.2 Å². The summed E-state index contributed by atoms with van der Waals surface area (Å²) < 4.78 is 25.9. The summed E-state index contributed by atoms with van der Waals surface area (Å²) in [6.45, 7) is 0.569. The molecule has 140 valence electrons. The van der Waals surface area contributed by atoms with Crippen LogP contribution in [0.5, 0.6) is 0 Å². The molecule has 0 saturated carbocycles. The SMILES string of the molecule is CN(CC(=O)N1CCCC1CN)S(=O)(=O)c1cccc([N+](=O)[O-])c1.Cl. The molecule has 1 amide bonds. The lowest BCUT2D eigenvalue weighted by Gasteiger charge is -2.26. The predicted molar refractivity (Wildman–Crippen MR) is 93.9 cm³/mol. The number of carbonyl (C=O) groups excluding carboxylic acids is 1. The van der Waals surface area contributed by atoms with Crippen LogP contribution in [0.2, 0.25) is 0 Å². The zero-order valence-corrected chi connectivity index (χ0v) is 15.3. The van der Waals surface area contributed by atoms with E-state index in [1.807, 2.05) is 0 Å². The van der Waals surface area contributed by atoms with E-state index in [1.165, 1.54) is 25.2 Å². The van der Waals surface area contributed by atoms with E-state index in [4.69, 9.17) is 5.73 Å². The van der Waals surface area contributed by atoms with E-state index in [-0.39, 0.29) is 41.5 Å². The molecular formula is C14H21ClN4O5S. The molecule has 0 aromatic heterocycles. The fourth-order valence-electron chi connectivity index (χ4n) is 2.71. The Morgan fingerprint density at radius 2 is 2.16 bits per heavy atom. The first-order chi connectivity index (χ1) is 11.3. The number of nitro groups is 1. The molecule has 1 aliphatic heterocycles. The molecule has 1 atom stereocenters. The molecule has 1 saturated heterocycles. The first-order valence-corrected chi connectivity index (χ1v) is 8.91. The predicted octanol–water partition coefficient (Wildman–Crippen LogP) is 0.587. The highest BCUT2D eigenvalue weighted by atomic mass is 35.5. The summed E-state index contributed by atoms with van der Waals surface area (Å²) in [5.41, 5.74) is 5.30. The van der Waals surface area contributed by atoms with Gasteiger partial charge in [0.1, 0.15) is 0 Å². The van der Waals surface area contributed by atoms with E-state index in [1.54, 1.807) is 4.90 Å². The zero-order chi connectivity index (χ0) is 17.9. The van der Waals surface area contributed by atoms with Crippen LogP contribution < -0.4 is 5.73 Å². The van der Waals surface area contributed by atoms with Crippen LogP contribution in [-0.4, -0.2) is 61.2 Å². The third-order valence-corrected chi connectivity index (χ3v) is 5.86.